The standard InChI is InChI=1S/C14H11Cl2NO3S/c1-7-4-9(14(19)20)13(21-7)17-12(18)6-8-2-3-10(15)11(16)5-8/h2-5H,6H2,1H3,(H,17,18)(H,19,20). The predicted octanol–water partition coefficient (Wildman–Crippen LogP) is 4.24. The van der Waals surface area contributed by atoms with Crippen LogP contribution in [-0.2, 0) is 11.2 Å². The van der Waals surface area contributed by atoms with Gasteiger partial charge < -0.3 is 10.4 Å². The minimum Gasteiger partial charge on any atom is -0.478 e. The van der Waals surface area contributed by atoms with Gasteiger partial charge in [0.25, 0.3) is 0 Å². The normalized spacial score (nSPS) is 10.4. The Hall–Kier alpha value is -1.56. The third-order valence-electron chi connectivity index (χ3n) is 2.69. The van der Waals surface area contributed by atoms with Gasteiger partial charge in [0.05, 0.1) is 22.0 Å². The lowest BCUT2D eigenvalue weighted by atomic mass is 10.1. The molecular weight excluding hydrogens is 333 g/mol. The fourth-order valence-electron chi connectivity index (χ4n) is 1.77. The molecule has 0 fully saturated rings. The molecule has 0 unspecified atom stereocenters. The van der Waals surface area contributed by atoms with Crippen molar-refractivity contribution in [2.45, 2.75) is 13.3 Å². The summed E-state index contributed by atoms with van der Waals surface area (Å²) in [6.45, 7) is 1.78. The van der Waals surface area contributed by atoms with Crippen molar-refractivity contribution in [3.8, 4) is 0 Å². The van der Waals surface area contributed by atoms with Crippen LogP contribution < -0.4 is 5.32 Å². The molecular formula is C14H11Cl2NO3S. The average Bonchev–Trinajstić information content (AvgIpc) is 2.75. The minimum absolute atomic E-state index is 0.0902. The number of carboxylic acids is 1. The number of anilines is 1. The van der Waals surface area contributed by atoms with Gasteiger partial charge in [0, 0.05) is 4.88 Å². The van der Waals surface area contributed by atoms with Crippen LogP contribution in [0.5, 0.6) is 0 Å². The van der Waals surface area contributed by atoms with Crippen molar-refractivity contribution < 1.29 is 14.7 Å². The molecule has 1 aromatic heterocycles. The molecule has 0 saturated heterocycles. The number of carbonyl (C=O) groups excluding carboxylic acids is 1. The van der Waals surface area contributed by atoms with Crippen LogP contribution in [0.25, 0.3) is 0 Å². The Balaban J connectivity index is 2.11. The number of aromatic carboxylic acids is 1. The SMILES string of the molecule is Cc1cc(C(=O)O)c(NC(=O)Cc2ccc(Cl)c(Cl)c2)s1. The molecule has 0 aliphatic rings. The first-order chi connectivity index (χ1) is 9.86. The summed E-state index contributed by atoms with van der Waals surface area (Å²) in [5, 5.41) is 12.8. The van der Waals surface area contributed by atoms with Gasteiger partial charge in [0.1, 0.15) is 5.00 Å². The summed E-state index contributed by atoms with van der Waals surface area (Å²) >= 11 is 12.9. The highest BCUT2D eigenvalue weighted by Crippen LogP contribution is 2.28. The Morgan fingerprint density at radius 3 is 2.57 bits per heavy atom. The summed E-state index contributed by atoms with van der Waals surface area (Å²) in [5.74, 6) is -1.37. The van der Waals surface area contributed by atoms with Gasteiger partial charge in [0.2, 0.25) is 5.91 Å². The summed E-state index contributed by atoms with van der Waals surface area (Å²) in [4.78, 5) is 23.9. The van der Waals surface area contributed by atoms with Crippen LogP contribution in [0.3, 0.4) is 0 Å². The van der Waals surface area contributed by atoms with Crippen LogP contribution in [0.1, 0.15) is 20.8 Å². The van der Waals surface area contributed by atoms with Gasteiger partial charge in [-0.3, -0.25) is 4.79 Å². The number of aryl methyl sites for hydroxylation is 1. The Labute approximate surface area is 135 Å². The maximum Gasteiger partial charge on any atom is 0.338 e. The highest BCUT2D eigenvalue weighted by atomic mass is 35.5. The van der Waals surface area contributed by atoms with E-state index in [4.69, 9.17) is 28.3 Å². The van der Waals surface area contributed by atoms with E-state index in [1.807, 2.05) is 0 Å². The second-order valence-corrected chi connectivity index (χ2v) is 6.45. The van der Waals surface area contributed by atoms with Crippen molar-refractivity contribution >= 4 is 51.4 Å². The Morgan fingerprint density at radius 2 is 1.95 bits per heavy atom. The number of thiophene rings is 1. The van der Waals surface area contributed by atoms with Crippen LogP contribution in [0, 0.1) is 6.92 Å². The van der Waals surface area contributed by atoms with Crippen molar-refractivity contribution in [1.29, 1.82) is 0 Å². The maximum absolute atomic E-state index is 12.0. The smallest absolute Gasteiger partial charge is 0.338 e. The lowest BCUT2D eigenvalue weighted by Crippen LogP contribution is -2.15. The van der Waals surface area contributed by atoms with E-state index >= 15 is 0 Å². The number of halogens is 2. The Bertz CT molecular complexity index is 712. The molecule has 0 atom stereocenters. The number of carbonyl (C=O) groups is 2. The fourth-order valence-corrected chi connectivity index (χ4v) is 3.01. The highest BCUT2D eigenvalue weighted by molar-refractivity contribution is 7.16. The molecule has 0 aliphatic carbocycles. The van der Waals surface area contributed by atoms with E-state index in [2.05, 4.69) is 5.32 Å². The van der Waals surface area contributed by atoms with E-state index < -0.39 is 5.97 Å². The van der Waals surface area contributed by atoms with E-state index in [-0.39, 0.29) is 17.9 Å². The van der Waals surface area contributed by atoms with Crippen LogP contribution in [0.2, 0.25) is 10.0 Å². The molecule has 110 valence electrons. The lowest BCUT2D eigenvalue weighted by molar-refractivity contribution is -0.115. The third kappa shape index (κ3) is 3.97. The summed E-state index contributed by atoms with van der Waals surface area (Å²) in [6, 6.07) is 6.46. The van der Waals surface area contributed by atoms with Gasteiger partial charge >= 0.3 is 5.97 Å². The zero-order chi connectivity index (χ0) is 15.6. The van der Waals surface area contributed by atoms with Gasteiger partial charge in [-0.05, 0) is 30.7 Å². The molecule has 0 bridgehead atoms. The number of carboxylic acid groups (broad SMARTS) is 1. The molecule has 0 radical (unpaired) electrons. The minimum atomic E-state index is -1.07. The molecule has 2 rings (SSSR count). The largest absolute Gasteiger partial charge is 0.478 e. The molecule has 2 N–H and O–H groups in total. The molecule has 0 saturated carbocycles. The number of benzene rings is 1. The van der Waals surface area contributed by atoms with E-state index in [9.17, 15) is 9.59 Å². The topological polar surface area (TPSA) is 66.4 Å². The average molecular weight is 344 g/mol. The summed E-state index contributed by atoms with van der Waals surface area (Å²) in [5.41, 5.74) is 0.798. The van der Waals surface area contributed by atoms with Gasteiger partial charge in [-0.2, -0.15) is 0 Å². The fraction of sp³-hybridized carbons (Fsp3) is 0.143. The van der Waals surface area contributed by atoms with Gasteiger partial charge in [0.15, 0.2) is 0 Å². The second kappa shape index (κ2) is 6.47. The predicted molar refractivity (Wildman–Crippen MR) is 84.8 cm³/mol. The van der Waals surface area contributed by atoms with Crippen LogP contribution in [0.4, 0.5) is 5.00 Å². The van der Waals surface area contributed by atoms with Gasteiger partial charge in [-0.25, -0.2) is 4.79 Å². The Morgan fingerprint density at radius 1 is 1.24 bits per heavy atom. The third-order valence-corrected chi connectivity index (χ3v) is 4.39. The molecule has 21 heavy (non-hydrogen) atoms. The Kier molecular flexibility index (Phi) is 4.88. The number of hydrogen-bond donors (Lipinski definition) is 2. The first-order valence-corrected chi connectivity index (χ1v) is 7.51. The van der Waals surface area contributed by atoms with Crippen LogP contribution in [0.15, 0.2) is 24.3 Å². The quantitative estimate of drug-likeness (QED) is 0.872. The summed E-state index contributed by atoms with van der Waals surface area (Å²) in [6.07, 6.45) is 0.0902. The monoisotopic (exact) mass is 343 g/mol. The first kappa shape index (κ1) is 15.8. The molecule has 0 spiro atoms. The zero-order valence-electron chi connectivity index (χ0n) is 10.9. The van der Waals surface area contributed by atoms with Crippen molar-refractivity contribution in [2.75, 3.05) is 5.32 Å². The molecule has 2 aromatic rings. The van der Waals surface area contributed by atoms with Crippen molar-refractivity contribution in [2.24, 2.45) is 0 Å². The molecule has 4 nitrogen and oxygen atoms in total. The summed E-state index contributed by atoms with van der Waals surface area (Å²) in [7, 11) is 0. The van der Waals surface area contributed by atoms with E-state index in [1.165, 1.54) is 17.4 Å². The molecule has 1 aromatic carbocycles. The van der Waals surface area contributed by atoms with Gasteiger partial charge in [-0.15, -0.1) is 11.3 Å². The zero-order valence-corrected chi connectivity index (χ0v) is 13.3. The number of rotatable bonds is 4. The first-order valence-electron chi connectivity index (χ1n) is 5.94. The number of nitrogens with one attached hydrogen (secondary N) is 1. The van der Waals surface area contributed by atoms with E-state index in [0.717, 1.165) is 4.88 Å². The van der Waals surface area contributed by atoms with E-state index in [0.29, 0.717) is 20.6 Å². The summed E-state index contributed by atoms with van der Waals surface area (Å²) < 4.78 is 0. The molecule has 1 heterocycles. The van der Waals surface area contributed by atoms with Crippen molar-refractivity contribution in [1.82, 2.24) is 0 Å². The van der Waals surface area contributed by atoms with Crippen molar-refractivity contribution in [3.05, 3.63) is 50.3 Å². The number of amides is 1. The maximum atomic E-state index is 12.0. The number of hydrogen-bond acceptors (Lipinski definition) is 3. The van der Waals surface area contributed by atoms with Gasteiger partial charge in [-0.1, -0.05) is 29.3 Å². The highest BCUT2D eigenvalue weighted by Gasteiger charge is 2.16. The van der Waals surface area contributed by atoms with Crippen molar-refractivity contribution in [3.63, 3.8) is 0 Å². The molecule has 7 heteroatoms. The van der Waals surface area contributed by atoms with E-state index in [1.54, 1.807) is 25.1 Å². The molecule has 0 aliphatic heterocycles. The second-order valence-electron chi connectivity index (χ2n) is 4.38. The molecule has 1 amide bonds. The van der Waals surface area contributed by atoms with Crippen LogP contribution >= 0.6 is 34.5 Å². The van der Waals surface area contributed by atoms with Crippen LogP contribution in [-0.4, -0.2) is 17.0 Å². The lowest BCUT2D eigenvalue weighted by Gasteiger charge is -2.05.